The Balaban J connectivity index is 3.11. The van der Waals surface area contributed by atoms with Crippen LogP contribution in [-0.2, 0) is 9.84 Å². The number of aromatic nitrogens is 2. The zero-order chi connectivity index (χ0) is 10.8. The SMILES string of the molecule is Cc1cnc(S(=O)(=O)C(C)CCl)nc1. The molecular weight excluding hydrogens is 224 g/mol. The third-order valence-electron chi connectivity index (χ3n) is 1.76. The van der Waals surface area contributed by atoms with Crippen LogP contribution < -0.4 is 0 Å². The number of aryl methyl sites for hydroxylation is 1. The third-order valence-corrected chi connectivity index (χ3v) is 4.35. The molecule has 0 aliphatic carbocycles. The van der Waals surface area contributed by atoms with Crippen molar-refractivity contribution in [3.63, 3.8) is 0 Å². The first-order chi connectivity index (χ1) is 6.48. The number of rotatable bonds is 3. The van der Waals surface area contributed by atoms with Gasteiger partial charge in [0.2, 0.25) is 15.0 Å². The van der Waals surface area contributed by atoms with Crippen LogP contribution in [0, 0.1) is 6.92 Å². The van der Waals surface area contributed by atoms with Crippen LogP contribution in [0.25, 0.3) is 0 Å². The van der Waals surface area contributed by atoms with Crippen molar-refractivity contribution >= 4 is 21.4 Å². The van der Waals surface area contributed by atoms with Crippen LogP contribution in [0.3, 0.4) is 0 Å². The molecule has 0 aliphatic rings. The Morgan fingerprint density at radius 1 is 1.43 bits per heavy atom. The van der Waals surface area contributed by atoms with Gasteiger partial charge in [0.25, 0.3) is 0 Å². The first-order valence-electron chi connectivity index (χ1n) is 4.07. The van der Waals surface area contributed by atoms with Gasteiger partial charge in [0.15, 0.2) is 0 Å². The molecule has 1 atom stereocenters. The normalized spacial score (nSPS) is 13.9. The summed E-state index contributed by atoms with van der Waals surface area (Å²) in [6, 6.07) is 0. The first kappa shape index (κ1) is 11.4. The predicted molar refractivity (Wildman–Crippen MR) is 54.1 cm³/mol. The summed E-state index contributed by atoms with van der Waals surface area (Å²) in [7, 11) is -3.46. The van der Waals surface area contributed by atoms with E-state index in [2.05, 4.69) is 9.97 Å². The second-order valence-corrected chi connectivity index (χ2v) is 5.62. The van der Waals surface area contributed by atoms with Gasteiger partial charge in [0.05, 0.1) is 5.25 Å². The summed E-state index contributed by atoms with van der Waals surface area (Å²) in [6.45, 7) is 3.33. The summed E-state index contributed by atoms with van der Waals surface area (Å²) >= 11 is 5.48. The predicted octanol–water partition coefficient (Wildman–Crippen LogP) is 1.19. The van der Waals surface area contributed by atoms with Gasteiger partial charge in [0.1, 0.15) is 0 Å². The molecule has 1 unspecified atom stereocenters. The smallest absolute Gasteiger partial charge is 0.227 e. The molecule has 0 aromatic carbocycles. The summed E-state index contributed by atoms with van der Waals surface area (Å²) < 4.78 is 23.3. The maximum atomic E-state index is 11.7. The number of alkyl halides is 1. The Kier molecular flexibility index (Phi) is 3.44. The molecule has 0 bridgehead atoms. The molecule has 0 amide bonds. The Morgan fingerprint density at radius 2 is 1.93 bits per heavy atom. The van der Waals surface area contributed by atoms with Gasteiger partial charge < -0.3 is 0 Å². The average Bonchev–Trinajstić information content (AvgIpc) is 2.17. The van der Waals surface area contributed by atoms with E-state index in [9.17, 15) is 8.42 Å². The van der Waals surface area contributed by atoms with Crippen molar-refractivity contribution in [2.45, 2.75) is 24.3 Å². The van der Waals surface area contributed by atoms with E-state index in [1.165, 1.54) is 19.3 Å². The van der Waals surface area contributed by atoms with Crippen LogP contribution >= 0.6 is 11.6 Å². The first-order valence-corrected chi connectivity index (χ1v) is 6.15. The summed E-state index contributed by atoms with van der Waals surface area (Å²) in [5.41, 5.74) is 0.822. The van der Waals surface area contributed by atoms with Gasteiger partial charge in [-0.05, 0) is 19.4 Å². The van der Waals surface area contributed by atoms with Crippen molar-refractivity contribution in [2.75, 3.05) is 5.88 Å². The van der Waals surface area contributed by atoms with Crippen LogP contribution in [0.5, 0.6) is 0 Å². The van der Waals surface area contributed by atoms with E-state index in [-0.39, 0.29) is 11.0 Å². The standard InChI is InChI=1S/C8H11ClN2O2S/c1-6-4-10-8(11-5-6)14(12,13)7(2)3-9/h4-5,7H,3H2,1-2H3. The number of nitrogens with zero attached hydrogens (tertiary/aromatic N) is 2. The molecule has 0 saturated heterocycles. The minimum absolute atomic E-state index is 0.0412. The monoisotopic (exact) mass is 234 g/mol. The van der Waals surface area contributed by atoms with E-state index in [1.54, 1.807) is 6.92 Å². The molecule has 1 aromatic rings. The maximum absolute atomic E-state index is 11.7. The van der Waals surface area contributed by atoms with Crippen molar-refractivity contribution in [1.29, 1.82) is 0 Å². The largest absolute Gasteiger partial charge is 0.247 e. The molecule has 1 rings (SSSR count). The van der Waals surface area contributed by atoms with E-state index in [0.29, 0.717) is 0 Å². The Morgan fingerprint density at radius 3 is 2.36 bits per heavy atom. The van der Waals surface area contributed by atoms with Gasteiger partial charge in [-0.15, -0.1) is 11.6 Å². The zero-order valence-electron chi connectivity index (χ0n) is 7.94. The van der Waals surface area contributed by atoms with Crippen molar-refractivity contribution < 1.29 is 8.42 Å². The minimum Gasteiger partial charge on any atom is -0.227 e. The summed E-state index contributed by atoms with van der Waals surface area (Å²) in [5, 5.41) is -0.817. The fourth-order valence-electron chi connectivity index (χ4n) is 0.791. The molecule has 0 radical (unpaired) electrons. The molecular formula is C8H11ClN2O2S. The van der Waals surface area contributed by atoms with E-state index >= 15 is 0 Å². The highest BCUT2D eigenvalue weighted by Crippen LogP contribution is 2.11. The number of sulfone groups is 1. The van der Waals surface area contributed by atoms with E-state index in [0.717, 1.165) is 5.56 Å². The lowest BCUT2D eigenvalue weighted by molar-refractivity contribution is 0.578. The highest BCUT2D eigenvalue weighted by molar-refractivity contribution is 7.91. The maximum Gasteiger partial charge on any atom is 0.247 e. The average molecular weight is 235 g/mol. The second-order valence-electron chi connectivity index (χ2n) is 3.05. The lowest BCUT2D eigenvalue weighted by atomic mass is 10.4. The van der Waals surface area contributed by atoms with Crippen molar-refractivity contribution in [1.82, 2.24) is 9.97 Å². The van der Waals surface area contributed by atoms with E-state index in [4.69, 9.17) is 11.6 Å². The van der Waals surface area contributed by atoms with Gasteiger partial charge in [-0.1, -0.05) is 0 Å². The molecule has 4 nitrogen and oxygen atoms in total. The highest BCUT2D eigenvalue weighted by Gasteiger charge is 2.24. The van der Waals surface area contributed by atoms with Gasteiger partial charge in [0, 0.05) is 18.3 Å². The lowest BCUT2D eigenvalue weighted by Crippen LogP contribution is -2.21. The van der Waals surface area contributed by atoms with Crippen molar-refractivity contribution in [2.24, 2.45) is 0 Å². The summed E-state index contributed by atoms with van der Waals surface area (Å²) in [4.78, 5) is 7.52. The van der Waals surface area contributed by atoms with Crippen LogP contribution in [0.4, 0.5) is 0 Å². The Hall–Kier alpha value is -0.680. The topological polar surface area (TPSA) is 59.9 Å². The van der Waals surface area contributed by atoms with Gasteiger partial charge in [-0.2, -0.15) is 0 Å². The van der Waals surface area contributed by atoms with Crippen molar-refractivity contribution in [3.05, 3.63) is 18.0 Å². The molecule has 0 saturated carbocycles. The van der Waals surface area contributed by atoms with E-state index < -0.39 is 15.1 Å². The van der Waals surface area contributed by atoms with Crippen LogP contribution in [0.15, 0.2) is 17.6 Å². The van der Waals surface area contributed by atoms with Gasteiger partial charge in [-0.3, -0.25) is 0 Å². The molecule has 1 aromatic heterocycles. The molecule has 78 valence electrons. The summed E-state index contributed by atoms with van der Waals surface area (Å²) in [5.74, 6) is 0.0412. The third kappa shape index (κ3) is 2.22. The van der Waals surface area contributed by atoms with Crippen LogP contribution in [-0.4, -0.2) is 29.5 Å². The zero-order valence-corrected chi connectivity index (χ0v) is 9.51. The Labute approximate surface area is 88.3 Å². The lowest BCUT2D eigenvalue weighted by Gasteiger charge is -2.07. The number of hydrogen-bond acceptors (Lipinski definition) is 4. The number of hydrogen-bond donors (Lipinski definition) is 0. The van der Waals surface area contributed by atoms with Crippen molar-refractivity contribution in [3.8, 4) is 0 Å². The van der Waals surface area contributed by atoms with E-state index in [1.807, 2.05) is 0 Å². The molecule has 0 fully saturated rings. The molecule has 14 heavy (non-hydrogen) atoms. The highest BCUT2D eigenvalue weighted by atomic mass is 35.5. The molecule has 0 N–H and O–H groups in total. The second kappa shape index (κ2) is 4.23. The molecule has 1 heterocycles. The summed E-state index contributed by atoms with van der Waals surface area (Å²) in [6.07, 6.45) is 2.95. The van der Waals surface area contributed by atoms with Gasteiger partial charge >= 0.3 is 0 Å². The fourth-order valence-corrected chi connectivity index (χ4v) is 2.21. The van der Waals surface area contributed by atoms with Crippen LogP contribution in [0.1, 0.15) is 12.5 Å². The quantitative estimate of drug-likeness (QED) is 0.582. The molecule has 6 heteroatoms. The Bertz CT molecular complexity index is 402. The van der Waals surface area contributed by atoms with Gasteiger partial charge in [-0.25, -0.2) is 18.4 Å². The molecule has 0 spiro atoms. The molecule has 0 aliphatic heterocycles. The van der Waals surface area contributed by atoms with Crippen LogP contribution in [0.2, 0.25) is 0 Å². The fraction of sp³-hybridized carbons (Fsp3) is 0.500. The minimum atomic E-state index is -3.46. The number of halogens is 1.